The Morgan fingerprint density at radius 2 is 1.90 bits per heavy atom. The van der Waals surface area contributed by atoms with Crippen molar-refractivity contribution >= 4 is 38.8 Å². The van der Waals surface area contributed by atoms with Crippen LogP contribution in [0.1, 0.15) is 9.67 Å². The molecule has 0 aliphatic rings. The number of carbonyl (C=O) groups is 1. The van der Waals surface area contributed by atoms with Crippen LogP contribution in [-0.4, -0.2) is 32.4 Å². The average Bonchev–Trinajstić information content (AvgIpc) is 3.23. The van der Waals surface area contributed by atoms with E-state index in [1.54, 1.807) is 12.1 Å². The maximum atomic E-state index is 13.2. The van der Waals surface area contributed by atoms with Crippen molar-refractivity contribution in [1.29, 1.82) is 0 Å². The SMILES string of the molecule is O=C(NCCNc1ccc(S(=O)(=O)Nc2ccc(F)c(F)c2)cn1)c1cccs1. The molecule has 0 saturated heterocycles. The lowest BCUT2D eigenvalue weighted by atomic mass is 10.3. The van der Waals surface area contributed by atoms with E-state index in [0.29, 0.717) is 23.8 Å². The molecule has 0 aliphatic heterocycles. The third kappa shape index (κ3) is 5.48. The minimum Gasteiger partial charge on any atom is -0.368 e. The minimum absolute atomic E-state index is 0.104. The standard InChI is InChI=1S/C18H16F2N4O3S2/c19-14-5-3-12(10-15(14)20)24-29(26,27)13-4-6-17(23-11-13)21-7-8-22-18(25)16-2-1-9-28-16/h1-6,9-11,24H,7-8H2,(H,21,23)(H,22,25). The van der Waals surface area contributed by atoms with Gasteiger partial charge in [0.05, 0.1) is 10.6 Å². The highest BCUT2D eigenvalue weighted by atomic mass is 32.2. The van der Waals surface area contributed by atoms with Crippen molar-refractivity contribution in [3.63, 3.8) is 0 Å². The number of halogens is 2. The van der Waals surface area contributed by atoms with Crippen LogP contribution >= 0.6 is 11.3 Å². The van der Waals surface area contributed by atoms with Crippen LogP contribution in [0, 0.1) is 11.6 Å². The van der Waals surface area contributed by atoms with Gasteiger partial charge in [-0.2, -0.15) is 0 Å². The number of rotatable bonds is 8. The predicted molar refractivity (Wildman–Crippen MR) is 107 cm³/mol. The van der Waals surface area contributed by atoms with E-state index >= 15 is 0 Å². The van der Waals surface area contributed by atoms with Gasteiger partial charge in [-0.15, -0.1) is 11.3 Å². The smallest absolute Gasteiger partial charge is 0.263 e. The molecule has 0 bridgehead atoms. The minimum atomic E-state index is -4.01. The number of carbonyl (C=O) groups excluding carboxylic acids is 1. The Bertz CT molecular complexity index is 1090. The van der Waals surface area contributed by atoms with E-state index in [9.17, 15) is 22.0 Å². The molecule has 1 aromatic carbocycles. The number of pyridine rings is 1. The van der Waals surface area contributed by atoms with Gasteiger partial charge in [0, 0.05) is 25.4 Å². The Labute approximate surface area is 169 Å². The summed E-state index contributed by atoms with van der Waals surface area (Å²) in [5, 5.41) is 7.52. The predicted octanol–water partition coefficient (Wildman–Crippen LogP) is 3.06. The number of hydrogen-bond donors (Lipinski definition) is 3. The maximum absolute atomic E-state index is 13.2. The lowest BCUT2D eigenvalue weighted by molar-refractivity contribution is 0.0959. The molecular weight excluding hydrogens is 422 g/mol. The van der Waals surface area contributed by atoms with Crippen LogP contribution in [0.25, 0.3) is 0 Å². The quantitative estimate of drug-likeness (QED) is 0.470. The highest BCUT2D eigenvalue weighted by Gasteiger charge is 2.16. The van der Waals surface area contributed by atoms with Gasteiger partial charge in [-0.25, -0.2) is 22.2 Å². The first-order chi connectivity index (χ1) is 13.8. The van der Waals surface area contributed by atoms with Crippen LogP contribution < -0.4 is 15.4 Å². The van der Waals surface area contributed by atoms with Gasteiger partial charge in [0.1, 0.15) is 10.7 Å². The number of aromatic nitrogens is 1. The van der Waals surface area contributed by atoms with Gasteiger partial charge < -0.3 is 10.6 Å². The normalized spacial score (nSPS) is 11.1. The largest absolute Gasteiger partial charge is 0.368 e. The van der Waals surface area contributed by atoms with Gasteiger partial charge in [-0.1, -0.05) is 6.07 Å². The number of amides is 1. The first-order valence-electron chi connectivity index (χ1n) is 8.35. The fraction of sp³-hybridized carbons (Fsp3) is 0.111. The fourth-order valence-corrected chi connectivity index (χ4v) is 3.91. The van der Waals surface area contributed by atoms with Crippen molar-refractivity contribution in [2.75, 3.05) is 23.1 Å². The zero-order valence-corrected chi connectivity index (χ0v) is 16.5. The van der Waals surface area contributed by atoms with Crippen molar-refractivity contribution in [1.82, 2.24) is 10.3 Å². The molecule has 0 atom stereocenters. The molecule has 0 aliphatic carbocycles. The van der Waals surface area contributed by atoms with Crippen molar-refractivity contribution in [3.8, 4) is 0 Å². The van der Waals surface area contributed by atoms with Gasteiger partial charge in [-0.05, 0) is 35.7 Å². The summed E-state index contributed by atoms with van der Waals surface area (Å²) in [6, 6.07) is 8.99. The number of nitrogens with one attached hydrogen (secondary N) is 3. The van der Waals surface area contributed by atoms with Crippen molar-refractivity contribution < 1.29 is 22.0 Å². The second-order valence-corrected chi connectivity index (χ2v) is 8.40. The molecule has 11 heteroatoms. The molecule has 29 heavy (non-hydrogen) atoms. The third-order valence-electron chi connectivity index (χ3n) is 3.68. The van der Waals surface area contributed by atoms with E-state index in [2.05, 4.69) is 20.3 Å². The summed E-state index contributed by atoms with van der Waals surface area (Å²) in [7, 11) is -4.01. The van der Waals surface area contributed by atoms with E-state index in [-0.39, 0.29) is 16.5 Å². The van der Waals surface area contributed by atoms with Crippen LogP contribution in [-0.2, 0) is 10.0 Å². The van der Waals surface area contributed by atoms with Crippen LogP contribution in [0.2, 0.25) is 0 Å². The number of benzene rings is 1. The molecule has 7 nitrogen and oxygen atoms in total. The molecule has 3 rings (SSSR count). The first-order valence-corrected chi connectivity index (χ1v) is 10.7. The summed E-state index contributed by atoms with van der Waals surface area (Å²) < 4.78 is 53.0. The second kappa shape index (κ2) is 8.97. The Balaban J connectivity index is 1.53. The van der Waals surface area contributed by atoms with E-state index < -0.39 is 21.7 Å². The van der Waals surface area contributed by atoms with E-state index in [1.165, 1.54) is 23.5 Å². The van der Waals surface area contributed by atoms with Crippen LogP contribution in [0.5, 0.6) is 0 Å². The first kappa shape index (κ1) is 20.7. The van der Waals surface area contributed by atoms with E-state index in [4.69, 9.17) is 0 Å². The van der Waals surface area contributed by atoms with Crippen LogP contribution in [0.3, 0.4) is 0 Å². The maximum Gasteiger partial charge on any atom is 0.263 e. The summed E-state index contributed by atoms with van der Waals surface area (Å²) in [6.45, 7) is 0.749. The average molecular weight is 438 g/mol. The number of hydrogen-bond acceptors (Lipinski definition) is 6. The van der Waals surface area contributed by atoms with Gasteiger partial charge in [-0.3, -0.25) is 9.52 Å². The zero-order chi connectivity index (χ0) is 20.9. The topological polar surface area (TPSA) is 100 Å². The number of nitrogens with zero attached hydrogens (tertiary/aromatic N) is 1. The Morgan fingerprint density at radius 3 is 2.55 bits per heavy atom. The molecule has 2 heterocycles. The monoisotopic (exact) mass is 438 g/mol. The highest BCUT2D eigenvalue weighted by Crippen LogP contribution is 2.18. The van der Waals surface area contributed by atoms with Crippen molar-refractivity contribution in [2.24, 2.45) is 0 Å². The highest BCUT2D eigenvalue weighted by molar-refractivity contribution is 7.92. The molecule has 0 unspecified atom stereocenters. The molecule has 1 amide bonds. The molecule has 152 valence electrons. The number of thiophene rings is 1. The molecule has 2 aromatic heterocycles. The molecule has 0 saturated carbocycles. The summed E-state index contributed by atoms with van der Waals surface area (Å²) in [6.07, 6.45) is 1.13. The Morgan fingerprint density at radius 1 is 1.07 bits per heavy atom. The molecule has 0 fully saturated rings. The molecule has 0 radical (unpaired) electrons. The molecule has 0 spiro atoms. The van der Waals surface area contributed by atoms with Gasteiger partial charge in [0.15, 0.2) is 11.6 Å². The lowest BCUT2D eigenvalue weighted by Crippen LogP contribution is -2.28. The summed E-state index contributed by atoms with van der Waals surface area (Å²) in [4.78, 5) is 16.3. The zero-order valence-electron chi connectivity index (χ0n) is 14.9. The van der Waals surface area contributed by atoms with Crippen molar-refractivity contribution in [2.45, 2.75) is 4.90 Å². The van der Waals surface area contributed by atoms with Crippen LogP contribution in [0.15, 0.2) is 58.9 Å². The molecule has 3 aromatic rings. The van der Waals surface area contributed by atoms with E-state index in [0.717, 1.165) is 24.4 Å². The summed E-state index contributed by atoms with van der Waals surface area (Å²) in [5.74, 6) is -1.98. The van der Waals surface area contributed by atoms with Crippen molar-refractivity contribution in [3.05, 3.63) is 70.6 Å². The summed E-state index contributed by atoms with van der Waals surface area (Å²) >= 11 is 1.34. The Hall–Kier alpha value is -3.05. The molecular formula is C18H16F2N4O3S2. The Kier molecular flexibility index (Phi) is 6.39. The van der Waals surface area contributed by atoms with Gasteiger partial charge in [0.25, 0.3) is 15.9 Å². The van der Waals surface area contributed by atoms with Gasteiger partial charge in [0.2, 0.25) is 0 Å². The number of anilines is 2. The lowest BCUT2D eigenvalue weighted by Gasteiger charge is -2.10. The molecule has 3 N–H and O–H groups in total. The van der Waals surface area contributed by atoms with Crippen LogP contribution in [0.4, 0.5) is 20.3 Å². The number of sulfonamides is 1. The summed E-state index contributed by atoms with van der Waals surface area (Å²) in [5.41, 5.74) is -0.104. The second-order valence-electron chi connectivity index (χ2n) is 5.77. The van der Waals surface area contributed by atoms with Gasteiger partial charge >= 0.3 is 0 Å². The fourth-order valence-electron chi connectivity index (χ4n) is 2.28. The third-order valence-corrected chi connectivity index (χ3v) is 5.92. The van der Waals surface area contributed by atoms with E-state index in [1.807, 2.05) is 5.38 Å².